The SMILES string of the molecule is O=C(N/N=C\c1cn(-c2ccccc2)nc1-c1ccc(Br)cc1)C1CC1. The first-order valence-corrected chi connectivity index (χ1v) is 9.24. The highest BCUT2D eigenvalue weighted by Crippen LogP contribution is 2.28. The van der Waals surface area contributed by atoms with Gasteiger partial charge in [-0.2, -0.15) is 10.2 Å². The lowest BCUT2D eigenvalue weighted by Crippen LogP contribution is -2.18. The quantitative estimate of drug-likeness (QED) is 0.508. The summed E-state index contributed by atoms with van der Waals surface area (Å²) in [6.45, 7) is 0. The number of benzene rings is 2. The molecule has 0 atom stereocenters. The molecular formula is C20H17BrN4O. The molecule has 1 amide bonds. The average Bonchev–Trinajstić information content (AvgIpc) is 3.44. The van der Waals surface area contributed by atoms with Gasteiger partial charge in [0.2, 0.25) is 5.91 Å². The van der Waals surface area contributed by atoms with E-state index in [-0.39, 0.29) is 11.8 Å². The third-order valence-corrected chi connectivity index (χ3v) is 4.74. The van der Waals surface area contributed by atoms with Gasteiger partial charge < -0.3 is 0 Å². The zero-order chi connectivity index (χ0) is 17.9. The first-order valence-electron chi connectivity index (χ1n) is 8.44. The van der Waals surface area contributed by atoms with Crippen LogP contribution < -0.4 is 5.43 Å². The van der Waals surface area contributed by atoms with Gasteiger partial charge in [0, 0.05) is 27.7 Å². The van der Waals surface area contributed by atoms with E-state index in [1.54, 1.807) is 6.21 Å². The Labute approximate surface area is 159 Å². The Kier molecular flexibility index (Phi) is 4.67. The fourth-order valence-electron chi connectivity index (χ4n) is 2.63. The van der Waals surface area contributed by atoms with E-state index in [0.29, 0.717) is 0 Å². The molecule has 0 saturated heterocycles. The van der Waals surface area contributed by atoms with Crippen LogP contribution in [0.1, 0.15) is 18.4 Å². The van der Waals surface area contributed by atoms with Crippen molar-refractivity contribution in [1.82, 2.24) is 15.2 Å². The summed E-state index contributed by atoms with van der Waals surface area (Å²) in [6, 6.07) is 17.9. The fraction of sp³-hybridized carbons (Fsp3) is 0.150. The normalized spacial score (nSPS) is 13.9. The first-order chi connectivity index (χ1) is 12.7. The zero-order valence-corrected chi connectivity index (χ0v) is 15.6. The molecule has 0 bridgehead atoms. The van der Waals surface area contributed by atoms with Crippen LogP contribution in [0.15, 0.2) is 70.4 Å². The second-order valence-corrected chi connectivity index (χ2v) is 7.14. The second-order valence-electron chi connectivity index (χ2n) is 6.23. The fourth-order valence-corrected chi connectivity index (χ4v) is 2.89. The van der Waals surface area contributed by atoms with Crippen LogP contribution in [-0.4, -0.2) is 21.9 Å². The molecule has 1 aliphatic carbocycles. The number of para-hydroxylation sites is 1. The van der Waals surface area contributed by atoms with E-state index >= 15 is 0 Å². The Bertz CT molecular complexity index is 944. The third kappa shape index (κ3) is 3.75. The number of hydrazone groups is 1. The molecule has 4 rings (SSSR count). The van der Waals surface area contributed by atoms with Gasteiger partial charge in [-0.1, -0.05) is 46.3 Å². The predicted molar refractivity (Wildman–Crippen MR) is 105 cm³/mol. The molecule has 1 heterocycles. The topological polar surface area (TPSA) is 59.3 Å². The molecule has 1 aromatic heterocycles. The highest BCUT2D eigenvalue weighted by Gasteiger charge is 2.29. The van der Waals surface area contributed by atoms with Crippen LogP contribution in [0.2, 0.25) is 0 Å². The average molecular weight is 409 g/mol. The molecule has 0 spiro atoms. The Morgan fingerprint density at radius 1 is 1.15 bits per heavy atom. The maximum atomic E-state index is 11.8. The van der Waals surface area contributed by atoms with Crippen LogP contribution in [0.5, 0.6) is 0 Å². The maximum Gasteiger partial charge on any atom is 0.243 e. The molecule has 1 fully saturated rings. The molecule has 5 nitrogen and oxygen atoms in total. The van der Waals surface area contributed by atoms with E-state index in [9.17, 15) is 4.79 Å². The number of carbonyl (C=O) groups is 1. The molecule has 0 unspecified atom stereocenters. The summed E-state index contributed by atoms with van der Waals surface area (Å²) in [5.74, 6) is 0.118. The highest BCUT2D eigenvalue weighted by molar-refractivity contribution is 9.10. The van der Waals surface area contributed by atoms with Crippen molar-refractivity contribution in [2.45, 2.75) is 12.8 Å². The molecule has 2 aromatic carbocycles. The summed E-state index contributed by atoms with van der Waals surface area (Å²) < 4.78 is 2.83. The Morgan fingerprint density at radius 2 is 1.88 bits per heavy atom. The van der Waals surface area contributed by atoms with Crippen molar-refractivity contribution in [3.8, 4) is 16.9 Å². The largest absolute Gasteiger partial charge is 0.273 e. The summed E-state index contributed by atoms with van der Waals surface area (Å²) in [5.41, 5.74) is 6.22. The lowest BCUT2D eigenvalue weighted by atomic mass is 10.1. The zero-order valence-electron chi connectivity index (χ0n) is 14.0. The lowest BCUT2D eigenvalue weighted by Gasteiger charge is -2.01. The highest BCUT2D eigenvalue weighted by atomic mass is 79.9. The molecule has 3 aromatic rings. The number of hydrogen-bond acceptors (Lipinski definition) is 3. The van der Waals surface area contributed by atoms with Crippen molar-refractivity contribution < 1.29 is 4.79 Å². The Hall–Kier alpha value is -2.73. The van der Waals surface area contributed by atoms with E-state index in [2.05, 4.69) is 26.5 Å². The van der Waals surface area contributed by atoms with Crippen molar-refractivity contribution in [2.24, 2.45) is 11.0 Å². The van der Waals surface area contributed by atoms with E-state index in [4.69, 9.17) is 5.10 Å². The number of halogens is 1. The van der Waals surface area contributed by atoms with Gasteiger partial charge in [0.05, 0.1) is 11.9 Å². The number of rotatable bonds is 5. The summed E-state index contributed by atoms with van der Waals surface area (Å²) in [6.07, 6.45) is 5.48. The number of nitrogens with one attached hydrogen (secondary N) is 1. The van der Waals surface area contributed by atoms with E-state index in [0.717, 1.165) is 39.8 Å². The van der Waals surface area contributed by atoms with Gasteiger partial charge in [-0.25, -0.2) is 10.1 Å². The molecule has 6 heteroatoms. The molecule has 0 aliphatic heterocycles. The van der Waals surface area contributed by atoms with Crippen LogP contribution in [0.25, 0.3) is 16.9 Å². The number of aromatic nitrogens is 2. The van der Waals surface area contributed by atoms with Gasteiger partial charge in [-0.15, -0.1) is 0 Å². The van der Waals surface area contributed by atoms with Crippen LogP contribution >= 0.6 is 15.9 Å². The van der Waals surface area contributed by atoms with Gasteiger partial charge in [0.15, 0.2) is 0 Å². The number of hydrogen-bond donors (Lipinski definition) is 1. The maximum absolute atomic E-state index is 11.8. The minimum absolute atomic E-state index is 0.0121. The van der Waals surface area contributed by atoms with E-state index < -0.39 is 0 Å². The monoisotopic (exact) mass is 408 g/mol. The van der Waals surface area contributed by atoms with Crippen LogP contribution in [-0.2, 0) is 4.79 Å². The predicted octanol–water partition coefficient (Wildman–Crippen LogP) is 4.16. The van der Waals surface area contributed by atoms with Crippen molar-refractivity contribution in [1.29, 1.82) is 0 Å². The van der Waals surface area contributed by atoms with E-state index in [1.165, 1.54) is 0 Å². The number of nitrogens with zero attached hydrogens (tertiary/aromatic N) is 3. The minimum Gasteiger partial charge on any atom is -0.273 e. The number of carbonyl (C=O) groups excluding carboxylic acids is 1. The summed E-state index contributed by atoms with van der Waals surface area (Å²) >= 11 is 3.46. The Balaban J connectivity index is 1.67. The molecule has 26 heavy (non-hydrogen) atoms. The van der Waals surface area contributed by atoms with Gasteiger partial charge in [0.1, 0.15) is 5.69 Å². The first kappa shape index (κ1) is 16.7. The third-order valence-electron chi connectivity index (χ3n) is 4.21. The van der Waals surface area contributed by atoms with Gasteiger partial charge >= 0.3 is 0 Å². The van der Waals surface area contributed by atoms with Gasteiger partial charge in [-0.05, 0) is 37.1 Å². The van der Waals surface area contributed by atoms with Crippen LogP contribution in [0.4, 0.5) is 0 Å². The van der Waals surface area contributed by atoms with Gasteiger partial charge in [-0.3, -0.25) is 4.79 Å². The summed E-state index contributed by atoms with van der Waals surface area (Å²) in [4.78, 5) is 11.8. The van der Waals surface area contributed by atoms with Crippen molar-refractivity contribution in [3.63, 3.8) is 0 Å². The summed E-state index contributed by atoms with van der Waals surface area (Å²) in [7, 11) is 0. The summed E-state index contributed by atoms with van der Waals surface area (Å²) in [5, 5.41) is 8.85. The molecular weight excluding hydrogens is 392 g/mol. The number of amides is 1. The van der Waals surface area contributed by atoms with Gasteiger partial charge in [0.25, 0.3) is 0 Å². The molecule has 1 saturated carbocycles. The second kappa shape index (κ2) is 7.25. The van der Waals surface area contributed by atoms with Crippen molar-refractivity contribution in [3.05, 3.63) is 70.8 Å². The Morgan fingerprint density at radius 3 is 2.58 bits per heavy atom. The molecule has 0 radical (unpaired) electrons. The van der Waals surface area contributed by atoms with Crippen molar-refractivity contribution in [2.75, 3.05) is 0 Å². The molecule has 1 aliphatic rings. The minimum atomic E-state index is -0.0121. The molecule has 130 valence electrons. The molecule has 1 N–H and O–H groups in total. The van der Waals surface area contributed by atoms with Crippen LogP contribution in [0.3, 0.4) is 0 Å². The van der Waals surface area contributed by atoms with Crippen LogP contribution in [0, 0.1) is 5.92 Å². The standard InChI is InChI=1S/C20H17BrN4O/c21-17-10-8-14(9-11-17)19-16(12-22-23-20(26)15-6-7-15)13-25(24-19)18-4-2-1-3-5-18/h1-5,8-13,15H,6-7H2,(H,23,26)/b22-12-. The van der Waals surface area contributed by atoms with Crippen molar-refractivity contribution >= 4 is 28.1 Å². The van der Waals surface area contributed by atoms with E-state index in [1.807, 2.05) is 65.5 Å². The lowest BCUT2D eigenvalue weighted by molar-refractivity contribution is -0.122. The smallest absolute Gasteiger partial charge is 0.243 e.